The lowest BCUT2D eigenvalue weighted by Gasteiger charge is -2.32. The summed E-state index contributed by atoms with van der Waals surface area (Å²) in [6.45, 7) is 1.61. The second kappa shape index (κ2) is 4.92. The standard InChI is InChI=1S/C18H15F2NO/c1-21-9-13-6-12-4-5-22-18(12)8-14(13)15(10-21)11-2-3-16(19)17(20)7-11/h2-8,15H,9-10H2,1H3. The van der Waals surface area contributed by atoms with Crippen molar-refractivity contribution in [2.75, 3.05) is 13.6 Å². The highest BCUT2D eigenvalue weighted by Gasteiger charge is 2.26. The molecule has 0 saturated heterocycles. The molecule has 0 aliphatic carbocycles. The first-order chi connectivity index (χ1) is 10.6. The van der Waals surface area contributed by atoms with Crippen LogP contribution in [0.25, 0.3) is 11.0 Å². The van der Waals surface area contributed by atoms with Crippen LogP contribution in [0.1, 0.15) is 22.6 Å². The minimum absolute atomic E-state index is 0.0124. The van der Waals surface area contributed by atoms with Crippen molar-refractivity contribution in [2.24, 2.45) is 0 Å². The lowest BCUT2D eigenvalue weighted by Crippen LogP contribution is -2.31. The van der Waals surface area contributed by atoms with E-state index in [1.165, 1.54) is 17.7 Å². The third-order valence-corrected chi connectivity index (χ3v) is 4.37. The third-order valence-electron chi connectivity index (χ3n) is 4.37. The largest absolute Gasteiger partial charge is 0.464 e. The van der Waals surface area contributed by atoms with Gasteiger partial charge in [-0.1, -0.05) is 6.07 Å². The van der Waals surface area contributed by atoms with E-state index in [-0.39, 0.29) is 5.92 Å². The maximum atomic E-state index is 13.6. The van der Waals surface area contributed by atoms with Gasteiger partial charge < -0.3 is 9.32 Å². The zero-order valence-corrected chi connectivity index (χ0v) is 12.1. The Morgan fingerprint density at radius 1 is 1.09 bits per heavy atom. The van der Waals surface area contributed by atoms with Crippen LogP contribution in [0, 0.1) is 11.6 Å². The molecule has 1 aromatic heterocycles. The average molecular weight is 299 g/mol. The van der Waals surface area contributed by atoms with Gasteiger partial charge in [-0.2, -0.15) is 0 Å². The number of halogens is 2. The normalized spacial score (nSPS) is 18.6. The van der Waals surface area contributed by atoms with Crippen LogP contribution in [0.2, 0.25) is 0 Å². The molecule has 1 aliphatic heterocycles. The van der Waals surface area contributed by atoms with E-state index in [0.717, 1.165) is 35.2 Å². The van der Waals surface area contributed by atoms with Crippen molar-refractivity contribution < 1.29 is 13.2 Å². The Balaban J connectivity index is 1.88. The molecule has 22 heavy (non-hydrogen) atoms. The molecular weight excluding hydrogens is 284 g/mol. The van der Waals surface area contributed by atoms with Crippen LogP contribution in [0.4, 0.5) is 8.78 Å². The number of rotatable bonds is 1. The van der Waals surface area contributed by atoms with E-state index in [9.17, 15) is 8.78 Å². The van der Waals surface area contributed by atoms with E-state index in [0.29, 0.717) is 0 Å². The summed E-state index contributed by atoms with van der Waals surface area (Å²) in [5.74, 6) is -1.60. The fourth-order valence-electron chi connectivity index (χ4n) is 3.31. The van der Waals surface area contributed by atoms with E-state index >= 15 is 0 Å². The minimum Gasteiger partial charge on any atom is -0.464 e. The first kappa shape index (κ1) is 13.5. The number of nitrogens with zero attached hydrogens (tertiary/aromatic N) is 1. The van der Waals surface area contributed by atoms with Crippen LogP contribution in [-0.4, -0.2) is 18.5 Å². The quantitative estimate of drug-likeness (QED) is 0.666. The molecular formula is C18H15F2NO. The molecule has 1 atom stereocenters. The minimum atomic E-state index is -0.811. The van der Waals surface area contributed by atoms with Crippen molar-refractivity contribution in [3.05, 3.63) is 71.0 Å². The zero-order valence-electron chi connectivity index (χ0n) is 12.1. The Hall–Kier alpha value is -2.20. The Bertz CT molecular complexity index is 855. The van der Waals surface area contributed by atoms with Crippen molar-refractivity contribution >= 4 is 11.0 Å². The third kappa shape index (κ3) is 2.11. The van der Waals surface area contributed by atoms with E-state index in [4.69, 9.17) is 4.42 Å². The van der Waals surface area contributed by atoms with Crippen LogP contribution in [-0.2, 0) is 6.54 Å². The highest BCUT2D eigenvalue weighted by atomic mass is 19.2. The summed E-state index contributed by atoms with van der Waals surface area (Å²) in [5.41, 5.74) is 3.96. The molecule has 0 saturated carbocycles. The SMILES string of the molecule is CN1Cc2cc3ccoc3cc2C(c2ccc(F)c(F)c2)C1. The summed E-state index contributed by atoms with van der Waals surface area (Å²) >= 11 is 0. The van der Waals surface area contributed by atoms with Gasteiger partial charge in [-0.3, -0.25) is 0 Å². The molecule has 4 rings (SSSR count). The van der Waals surface area contributed by atoms with Crippen molar-refractivity contribution in [3.8, 4) is 0 Å². The molecule has 0 spiro atoms. The van der Waals surface area contributed by atoms with Crippen molar-refractivity contribution in [3.63, 3.8) is 0 Å². The predicted octanol–water partition coefficient (Wildman–Crippen LogP) is 4.29. The van der Waals surface area contributed by atoms with Crippen LogP contribution >= 0.6 is 0 Å². The second-order valence-corrected chi connectivity index (χ2v) is 5.93. The van der Waals surface area contributed by atoms with Crippen LogP contribution < -0.4 is 0 Å². The van der Waals surface area contributed by atoms with E-state index < -0.39 is 11.6 Å². The summed E-state index contributed by atoms with van der Waals surface area (Å²) in [4.78, 5) is 2.19. The van der Waals surface area contributed by atoms with Gasteiger partial charge in [-0.15, -0.1) is 0 Å². The Morgan fingerprint density at radius 3 is 2.77 bits per heavy atom. The van der Waals surface area contributed by atoms with Gasteiger partial charge in [0.05, 0.1) is 6.26 Å². The number of benzene rings is 2. The first-order valence-corrected chi connectivity index (χ1v) is 7.25. The lowest BCUT2D eigenvalue weighted by molar-refractivity contribution is 0.295. The zero-order chi connectivity index (χ0) is 15.3. The Labute approximate surface area is 127 Å². The van der Waals surface area contributed by atoms with Crippen molar-refractivity contribution in [1.82, 2.24) is 4.90 Å². The van der Waals surface area contributed by atoms with Crippen molar-refractivity contribution in [2.45, 2.75) is 12.5 Å². The smallest absolute Gasteiger partial charge is 0.159 e. The summed E-state index contributed by atoms with van der Waals surface area (Å²) in [5, 5.41) is 1.07. The second-order valence-electron chi connectivity index (χ2n) is 5.93. The molecule has 2 aromatic carbocycles. The molecule has 1 aliphatic rings. The number of hydrogen-bond acceptors (Lipinski definition) is 2. The molecule has 0 N–H and O–H groups in total. The van der Waals surface area contributed by atoms with E-state index in [2.05, 4.69) is 11.0 Å². The van der Waals surface area contributed by atoms with Crippen LogP contribution in [0.5, 0.6) is 0 Å². The Kier molecular flexibility index (Phi) is 3.01. The fraction of sp³-hybridized carbons (Fsp3) is 0.222. The summed E-state index contributed by atoms with van der Waals surface area (Å²) in [6, 6.07) is 10.3. The van der Waals surface area contributed by atoms with Gasteiger partial charge in [0.2, 0.25) is 0 Å². The molecule has 0 bridgehead atoms. The van der Waals surface area contributed by atoms with Gasteiger partial charge in [0.25, 0.3) is 0 Å². The van der Waals surface area contributed by atoms with Gasteiger partial charge >= 0.3 is 0 Å². The van der Waals surface area contributed by atoms with Crippen LogP contribution in [0.3, 0.4) is 0 Å². The van der Waals surface area contributed by atoms with Gasteiger partial charge in [-0.05, 0) is 54.1 Å². The highest BCUT2D eigenvalue weighted by molar-refractivity contribution is 5.79. The number of fused-ring (bicyclic) bond motifs is 2. The van der Waals surface area contributed by atoms with Gasteiger partial charge in [0.1, 0.15) is 5.58 Å². The average Bonchev–Trinajstić information content (AvgIpc) is 2.94. The molecule has 2 nitrogen and oxygen atoms in total. The molecule has 0 amide bonds. The maximum absolute atomic E-state index is 13.6. The highest BCUT2D eigenvalue weighted by Crippen LogP contribution is 2.36. The molecule has 4 heteroatoms. The molecule has 3 aromatic rings. The number of likely N-dealkylation sites (N-methyl/N-ethyl adjacent to an activating group) is 1. The van der Waals surface area contributed by atoms with Gasteiger partial charge in [0.15, 0.2) is 11.6 Å². The fourth-order valence-corrected chi connectivity index (χ4v) is 3.31. The van der Waals surface area contributed by atoms with Crippen molar-refractivity contribution in [1.29, 1.82) is 0 Å². The number of hydrogen-bond donors (Lipinski definition) is 0. The monoisotopic (exact) mass is 299 g/mol. The summed E-state index contributed by atoms with van der Waals surface area (Å²) < 4.78 is 32.3. The number of furan rings is 1. The van der Waals surface area contributed by atoms with Crippen LogP contribution in [0.15, 0.2) is 47.1 Å². The van der Waals surface area contributed by atoms with E-state index in [1.54, 1.807) is 12.3 Å². The van der Waals surface area contributed by atoms with E-state index in [1.807, 2.05) is 19.2 Å². The summed E-state index contributed by atoms with van der Waals surface area (Å²) in [7, 11) is 2.04. The maximum Gasteiger partial charge on any atom is 0.159 e. The molecule has 1 unspecified atom stereocenters. The Morgan fingerprint density at radius 2 is 1.95 bits per heavy atom. The molecule has 0 radical (unpaired) electrons. The first-order valence-electron chi connectivity index (χ1n) is 7.25. The molecule has 0 fully saturated rings. The lowest BCUT2D eigenvalue weighted by atomic mass is 9.84. The predicted molar refractivity (Wildman–Crippen MR) is 80.7 cm³/mol. The molecule has 2 heterocycles. The summed E-state index contributed by atoms with van der Waals surface area (Å²) in [6.07, 6.45) is 1.67. The van der Waals surface area contributed by atoms with Gasteiger partial charge in [-0.25, -0.2) is 8.78 Å². The van der Waals surface area contributed by atoms with Gasteiger partial charge in [0, 0.05) is 24.4 Å². The topological polar surface area (TPSA) is 16.4 Å². The molecule has 112 valence electrons.